The largest absolute Gasteiger partial charge is 0.492 e. The molecule has 1 aromatic carbocycles. The molecule has 2 nitrogen and oxygen atoms in total. The minimum atomic E-state index is -0.0395. The van der Waals surface area contributed by atoms with Crippen LogP contribution in [0, 0.1) is 0 Å². The van der Waals surface area contributed by atoms with Gasteiger partial charge >= 0.3 is 0 Å². The molecule has 0 saturated carbocycles. The number of hydrogen-bond acceptors (Lipinski definition) is 2. The molecule has 4 heteroatoms. The van der Waals surface area contributed by atoms with E-state index in [-0.39, 0.29) is 5.54 Å². The average Bonchev–Trinajstić information content (AvgIpc) is 2.25. The highest BCUT2D eigenvalue weighted by Gasteiger charge is 2.14. The first-order chi connectivity index (χ1) is 7.53. The summed E-state index contributed by atoms with van der Waals surface area (Å²) in [4.78, 5) is 0. The number of benzene rings is 1. The second kappa shape index (κ2) is 6.48. The highest BCUT2D eigenvalue weighted by Crippen LogP contribution is 2.17. The lowest BCUT2D eigenvalue weighted by molar-refractivity contribution is 0.292. The molecule has 0 saturated heterocycles. The summed E-state index contributed by atoms with van der Waals surface area (Å²) >= 11 is 9.20. The molecule has 0 aromatic heterocycles. The van der Waals surface area contributed by atoms with Crippen molar-refractivity contribution in [3.63, 3.8) is 0 Å². The topological polar surface area (TPSA) is 21.3 Å². The monoisotopic (exact) mass is 305 g/mol. The lowest BCUT2D eigenvalue weighted by Gasteiger charge is -2.23. The van der Waals surface area contributed by atoms with Crippen LogP contribution in [0.4, 0.5) is 0 Å². The molecule has 0 aliphatic rings. The first-order valence-electron chi connectivity index (χ1n) is 5.23. The van der Waals surface area contributed by atoms with Crippen LogP contribution in [0.1, 0.15) is 13.8 Å². The molecule has 0 spiro atoms. The Balaban J connectivity index is 2.26. The smallest absolute Gasteiger partial charge is 0.120 e. The number of halogens is 2. The van der Waals surface area contributed by atoms with Gasteiger partial charge in [-0.2, -0.15) is 0 Å². The Morgan fingerprint density at radius 3 is 2.81 bits per heavy atom. The van der Waals surface area contributed by atoms with Crippen LogP contribution < -0.4 is 10.1 Å². The van der Waals surface area contributed by atoms with Gasteiger partial charge in [0.2, 0.25) is 0 Å². The van der Waals surface area contributed by atoms with Gasteiger partial charge in [-0.25, -0.2) is 0 Å². The van der Waals surface area contributed by atoms with Crippen molar-refractivity contribution in [1.82, 2.24) is 5.32 Å². The van der Waals surface area contributed by atoms with Crippen molar-refractivity contribution in [2.24, 2.45) is 0 Å². The molecule has 0 fully saturated rings. The van der Waals surface area contributed by atoms with Crippen LogP contribution in [-0.4, -0.2) is 24.6 Å². The standard InChI is InChI=1S/C12H17BrClNO/c1-12(2,9-14)15-6-7-16-11-5-3-4-10(13)8-11/h3-5,8,15H,6-7,9H2,1-2H3. The number of ether oxygens (including phenoxy) is 1. The molecule has 16 heavy (non-hydrogen) atoms. The van der Waals surface area contributed by atoms with Gasteiger partial charge in [-0.15, -0.1) is 11.6 Å². The van der Waals surface area contributed by atoms with Gasteiger partial charge in [0.15, 0.2) is 0 Å². The van der Waals surface area contributed by atoms with Gasteiger partial charge in [0, 0.05) is 22.4 Å². The summed E-state index contributed by atoms with van der Waals surface area (Å²) in [6.45, 7) is 5.56. The Labute approximate surface area is 110 Å². The maximum Gasteiger partial charge on any atom is 0.120 e. The third kappa shape index (κ3) is 5.19. The van der Waals surface area contributed by atoms with Gasteiger partial charge in [0.05, 0.1) is 0 Å². The SMILES string of the molecule is CC(C)(CCl)NCCOc1cccc(Br)c1. The molecule has 0 aliphatic carbocycles. The molecule has 0 bridgehead atoms. The minimum absolute atomic E-state index is 0.0395. The molecule has 0 aliphatic heterocycles. The second-order valence-corrected chi connectivity index (χ2v) is 5.43. The quantitative estimate of drug-likeness (QED) is 0.642. The summed E-state index contributed by atoms with van der Waals surface area (Å²) in [6.07, 6.45) is 0. The van der Waals surface area contributed by atoms with E-state index < -0.39 is 0 Å². The molecule has 0 unspecified atom stereocenters. The highest BCUT2D eigenvalue weighted by molar-refractivity contribution is 9.10. The molecule has 90 valence electrons. The van der Waals surface area contributed by atoms with Crippen LogP contribution in [0.3, 0.4) is 0 Å². The van der Waals surface area contributed by atoms with E-state index in [1.54, 1.807) is 0 Å². The van der Waals surface area contributed by atoms with E-state index in [0.29, 0.717) is 12.5 Å². The van der Waals surface area contributed by atoms with Crippen molar-refractivity contribution in [3.05, 3.63) is 28.7 Å². The third-order valence-electron chi connectivity index (χ3n) is 2.10. The summed E-state index contributed by atoms with van der Waals surface area (Å²) in [5, 5.41) is 3.32. The Morgan fingerprint density at radius 2 is 2.19 bits per heavy atom. The van der Waals surface area contributed by atoms with Gasteiger partial charge in [-0.3, -0.25) is 0 Å². The van der Waals surface area contributed by atoms with Crippen LogP contribution in [0.2, 0.25) is 0 Å². The molecule has 0 amide bonds. The second-order valence-electron chi connectivity index (χ2n) is 4.25. The zero-order valence-electron chi connectivity index (χ0n) is 9.59. The molecule has 1 aromatic rings. The average molecular weight is 307 g/mol. The van der Waals surface area contributed by atoms with Crippen molar-refractivity contribution in [3.8, 4) is 5.75 Å². The van der Waals surface area contributed by atoms with Gasteiger partial charge < -0.3 is 10.1 Å². The first-order valence-corrected chi connectivity index (χ1v) is 6.56. The summed E-state index contributed by atoms with van der Waals surface area (Å²) in [6, 6.07) is 7.82. The maximum atomic E-state index is 5.80. The van der Waals surface area contributed by atoms with Crippen LogP contribution in [-0.2, 0) is 0 Å². The van der Waals surface area contributed by atoms with Gasteiger partial charge in [-0.1, -0.05) is 22.0 Å². The maximum absolute atomic E-state index is 5.80. The predicted molar refractivity (Wildman–Crippen MR) is 72.4 cm³/mol. The van der Waals surface area contributed by atoms with Crippen molar-refractivity contribution < 1.29 is 4.74 Å². The molecule has 0 atom stereocenters. The summed E-state index contributed by atoms with van der Waals surface area (Å²) in [5.41, 5.74) is -0.0395. The molecular weight excluding hydrogens is 289 g/mol. The van der Waals surface area contributed by atoms with E-state index in [2.05, 4.69) is 35.1 Å². The van der Waals surface area contributed by atoms with Crippen molar-refractivity contribution in [1.29, 1.82) is 0 Å². The van der Waals surface area contributed by atoms with Crippen LogP contribution in [0.25, 0.3) is 0 Å². The van der Waals surface area contributed by atoms with E-state index in [1.807, 2.05) is 24.3 Å². The molecule has 0 radical (unpaired) electrons. The van der Waals surface area contributed by atoms with E-state index in [1.165, 1.54) is 0 Å². The Hall–Kier alpha value is -0.250. The highest BCUT2D eigenvalue weighted by atomic mass is 79.9. The summed E-state index contributed by atoms with van der Waals surface area (Å²) in [7, 11) is 0. The van der Waals surface area contributed by atoms with E-state index >= 15 is 0 Å². The van der Waals surface area contributed by atoms with Crippen LogP contribution in [0.5, 0.6) is 5.75 Å². The van der Waals surface area contributed by atoms with Crippen molar-refractivity contribution in [2.75, 3.05) is 19.0 Å². The molecule has 1 N–H and O–H groups in total. The third-order valence-corrected chi connectivity index (χ3v) is 3.27. The van der Waals surface area contributed by atoms with E-state index in [0.717, 1.165) is 16.8 Å². The lowest BCUT2D eigenvalue weighted by atomic mass is 10.1. The fourth-order valence-electron chi connectivity index (χ4n) is 1.16. The summed E-state index contributed by atoms with van der Waals surface area (Å²) < 4.78 is 6.62. The molecule has 1 rings (SSSR count). The Bertz CT molecular complexity index is 331. The number of alkyl halides is 1. The lowest BCUT2D eigenvalue weighted by Crippen LogP contribution is -2.43. The number of nitrogens with one attached hydrogen (secondary N) is 1. The Morgan fingerprint density at radius 1 is 1.44 bits per heavy atom. The fourth-order valence-corrected chi connectivity index (χ4v) is 1.64. The Kier molecular flexibility index (Phi) is 5.59. The minimum Gasteiger partial charge on any atom is -0.492 e. The van der Waals surface area contributed by atoms with Crippen molar-refractivity contribution >= 4 is 27.5 Å². The van der Waals surface area contributed by atoms with Crippen LogP contribution >= 0.6 is 27.5 Å². The molecule has 0 heterocycles. The first kappa shape index (κ1) is 13.8. The predicted octanol–water partition coefficient (Wildman–Crippen LogP) is 3.43. The van der Waals surface area contributed by atoms with Crippen molar-refractivity contribution in [2.45, 2.75) is 19.4 Å². The zero-order valence-corrected chi connectivity index (χ0v) is 11.9. The van der Waals surface area contributed by atoms with Gasteiger partial charge in [0.25, 0.3) is 0 Å². The normalized spacial score (nSPS) is 11.5. The van der Waals surface area contributed by atoms with Gasteiger partial charge in [-0.05, 0) is 32.0 Å². The van der Waals surface area contributed by atoms with Crippen LogP contribution in [0.15, 0.2) is 28.7 Å². The van der Waals surface area contributed by atoms with E-state index in [9.17, 15) is 0 Å². The van der Waals surface area contributed by atoms with E-state index in [4.69, 9.17) is 16.3 Å². The zero-order chi connectivity index (χ0) is 12.0. The fraction of sp³-hybridized carbons (Fsp3) is 0.500. The van der Waals surface area contributed by atoms with Gasteiger partial charge in [0.1, 0.15) is 12.4 Å². The number of hydrogen-bond donors (Lipinski definition) is 1. The molecular formula is C12H17BrClNO. The number of rotatable bonds is 6. The summed E-state index contributed by atoms with van der Waals surface area (Å²) in [5.74, 6) is 1.46.